The van der Waals surface area contributed by atoms with Crippen molar-refractivity contribution in [2.45, 2.75) is 20.8 Å². The number of thiophene rings is 1. The van der Waals surface area contributed by atoms with Crippen molar-refractivity contribution in [3.8, 4) is 0 Å². The SMILES string of the molecule is CCOC(=O)c1sc2nc(C)nc(NCCNc3cnccn3)c2c1C. The predicted molar refractivity (Wildman–Crippen MR) is 102 cm³/mol. The lowest BCUT2D eigenvalue weighted by molar-refractivity contribution is 0.0531. The van der Waals surface area contributed by atoms with E-state index in [1.165, 1.54) is 11.3 Å². The van der Waals surface area contributed by atoms with E-state index in [0.717, 1.165) is 27.4 Å². The zero-order valence-corrected chi connectivity index (χ0v) is 15.7. The molecule has 3 aromatic rings. The molecular formula is C17H20N6O2S. The number of aromatic nitrogens is 4. The first-order valence-electron chi connectivity index (χ1n) is 8.28. The van der Waals surface area contributed by atoms with Gasteiger partial charge in [-0.2, -0.15) is 0 Å². The van der Waals surface area contributed by atoms with Gasteiger partial charge in [-0.05, 0) is 26.3 Å². The monoisotopic (exact) mass is 372 g/mol. The number of carbonyl (C=O) groups is 1. The van der Waals surface area contributed by atoms with Crippen molar-refractivity contribution in [3.05, 3.63) is 34.9 Å². The molecule has 2 N–H and O–H groups in total. The number of rotatable bonds is 7. The lowest BCUT2D eigenvalue weighted by Gasteiger charge is -2.09. The second kappa shape index (κ2) is 8.05. The molecule has 0 radical (unpaired) electrons. The summed E-state index contributed by atoms with van der Waals surface area (Å²) >= 11 is 1.34. The second-order valence-corrected chi connectivity index (χ2v) is 6.52. The Morgan fingerprint density at radius 1 is 1.19 bits per heavy atom. The highest BCUT2D eigenvalue weighted by Gasteiger charge is 2.20. The van der Waals surface area contributed by atoms with Crippen molar-refractivity contribution in [3.63, 3.8) is 0 Å². The maximum absolute atomic E-state index is 12.1. The summed E-state index contributed by atoms with van der Waals surface area (Å²) in [6, 6.07) is 0. The van der Waals surface area contributed by atoms with Gasteiger partial charge in [0.05, 0.1) is 18.2 Å². The molecule has 3 heterocycles. The molecule has 0 bridgehead atoms. The summed E-state index contributed by atoms with van der Waals surface area (Å²) in [5.41, 5.74) is 0.841. The zero-order chi connectivity index (χ0) is 18.5. The summed E-state index contributed by atoms with van der Waals surface area (Å²) in [6.07, 6.45) is 4.94. The Labute approximate surface area is 155 Å². The maximum atomic E-state index is 12.1. The van der Waals surface area contributed by atoms with E-state index in [1.807, 2.05) is 13.8 Å². The van der Waals surface area contributed by atoms with Gasteiger partial charge >= 0.3 is 5.97 Å². The van der Waals surface area contributed by atoms with E-state index >= 15 is 0 Å². The van der Waals surface area contributed by atoms with Crippen molar-refractivity contribution < 1.29 is 9.53 Å². The maximum Gasteiger partial charge on any atom is 0.348 e. The van der Waals surface area contributed by atoms with Crippen molar-refractivity contribution in [1.82, 2.24) is 19.9 Å². The van der Waals surface area contributed by atoms with Crippen LogP contribution in [-0.4, -0.2) is 45.6 Å². The number of hydrogen-bond acceptors (Lipinski definition) is 9. The highest BCUT2D eigenvalue weighted by Crippen LogP contribution is 2.34. The van der Waals surface area contributed by atoms with Crippen LogP contribution in [0.4, 0.5) is 11.6 Å². The number of hydrogen-bond donors (Lipinski definition) is 2. The van der Waals surface area contributed by atoms with Crippen LogP contribution in [0.15, 0.2) is 18.6 Å². The van der Waals surface area contributed by atoms with Crippen LogP contribution in [0.1, 0.15) is 28.0 Å². The molecule has 9 heteroatoms. The average Bonchev–Trinajstić information content (AvgIpc) is 2.96. The molecule has 0 aliphatic carbocycles. The molecule has 0 aliphatic heterocycles. The van der Waals surface area contributed by atoms with Crippen molar-refractivity contribution in [2.24, 2.45) is 0 Å². The van der Waals surface area contributed by atoms with E-state index in [2.05, 4.69) is 30.6 Å². The Morgan fingerprint density at radius 3 is 2.73 bits per heavy atom. The molecule has 0 saturated carbocycles. The normalized spacial score (nSPS) is 10.7. The van der Waals surface area contributed by atoms with Gasteiger partial charge in [-0.1, -0.05) is 0 Å². The van der Waals surface area contributed by atoms with Crippen LogP contribution >= 0.6 is 11.3 Å². The summed E-state index contributed by atoms with van der Waals surface area (Å²) in [7, 11) is 0. The van der Waals surface area contributed by atoms with E-state index in [1.54, 1.807) is 25.5 Å². The molecule has 0 unspecified atom stereocenters. The van der Waals surface area contributed by atoms with Crippen LogP contribution in [0.5, 0.6) is 0 Å². The predicted octanol–water partition coefficient (Wildman–Crippen LogP) is 2.80. The van der Waals surface area contributed by atoms with Crippen molar-refractivity contribution in [2.75, 3.05) is 30.3 Å². The summed E-state index contributed by atoms with van der Waals surface area (Å²) in [5.74, 6) is 1.77. The van der Waals surface area contributed by atoms with Gasteiger partial charge in [-0.25, -0.2) is 19.7 Å². The lowest BCUT2D eigenvalue weighted by Crippen LogP contribution is -2.15. The third-order valence-electron chi connectivity index (χ3n) is 3.65. The summed E-state index contributed by atoms with van der Waals surface area (Å²) in [5, 5.41) is 7.36. The van der Waals surface area contributed by atoms with E-state index in [9.17, 15) is 4.79 Å². The summed E-state index contributed by atoms with van der Waals surface area (Å²) in [4.78, 5) is 30.6. The van der Waals surface area contributed by atoms with Gasteiger partial charge in [0.15, 0.2) is 0 Å². The molecule has 0 spiro atoms. The van der Waals surface area contributed by atoms with Gasteiger partial charge in [-0.3, -0.25) is 4.98 Å². The Hall–Kier alpha value is -2.81. The Kier molecular flexibility index (Phi) is 5.57. The number of fused-ring (bicyclic) bond motifs is 1. The zero-order valence-electron chi connectivity index (χ0n) is 14.9. The molecule has 3 rings (SSSR count). The smallest absolute Gasteiger partial charge is 0.348 e. The topological polar surface area (TPSA) is 102 Å². The third kappa shape index (κ3) is 3.88. The van der Waals surface area contributed by atoms with Crippen LogP contribution < -0.4 is 10.6 Å². The highest BCUT2D eigenvalue weighted by molar-refractivity contribution is 7.20. The second-order valence-electron chi connectivity index (χ2n) is 5.52. The molecule has 0 fully saturated rings. The number of anilines is 2. The number of nitrogens with one attached hydrogen (secondary N) is 2. The fraction of sp³-hybridized carbons (Fsp3) is 0.353. The van der Waals surface area contributed by atoms with Gasteiger partial charge in [-0.15, -0.1) is 11.3 Å². The van der Waals surface area contributed by atoms with E-state index in [4.69, 9.17) is 4.74 Å². The number of carbonyl (C=O) groups excluding carboxylic acids is 1. The van der Waals surface area contributed by atoms with Crippen LogP contribution in [0, 0.1) is 13.8 Å². The minimum atomic E-state index is -0.319. The molecule has 0 aromatic carbocycles. The van der Waals surface area contributed by atoms with Gasteiger partial charge in [0, 0.05) is 25.5 Å². The van der Waals surface area contributed by atoms with Gasteiger partial charge in [0.1, 0.15) is 27.2 Å². The Morgan fingerprint density at radius 2 is 2.00 bits per heavy atom. The Balaban J connectivity index is 1.77. The van der Waals surface area contributed by atoms with Gasteiger partial charge in [0.25, 0.3) is 0 Å². The first-order valence-corrected chi connectivity index (χ1v) is 9.10. The summed E-state index contributed by atoms with van der Waals surface area (Å²) in [6.45, 7) is 7.15. The molecule has 8 nitrogen and oxygen atoms in total. The highest BCUT2D eigenvalue weighted by atomic mass is 32.1. The molecule has 26 heavy (non-hydrogen) atoms. The van der Waals surface area contributed by atoms with Crippen LogP contribution in [0.3, 0.4) is 0 Å². The minimum absolute atomic E-state index is 0.319. The molecule has 0 atom stereocenters. The van der Waals surface area contributed by atoms with E-state index in [-0.39, 0.29) is 5.97 Å². The fourth-order valence-electron chi connectivity index (χ4n) is 2.53. The minimum Gasteiger partial charge on any atom is -0.462 e. The number of nitrogens with zero attached hydrogens (tertiary/aromatic N) is 4. The molecular weight excluding hydrogens is 352 g/mol. The molecule has 0 saturated heterocycles. The quantitative estimate of drug-likeness (QED) is 0.482. The number of esters is 1. The van der Waals surface area contributed by atoms with Crippen LogP contribution in [-0.2, 0) is 4.74 Å². The van der Waals surface area contributed by atoms with Gasteiger partial charge in [0.2, 0.25) is 0 Å². The Bertz CT molecular complexity index is 913. The fourth-order valence-corrected chi connectivity index (χ4v) is 3.65. The van der Waals surface area contributed by atoms with Crippen molar-refractivity contribution >= 4 is 39.2 Å². The third-order valence-corrected chi connectivity index (χ3v) is 4.82. The molecule has 0 amide bonds. The molecule has 3 aromatic heterocycles. The van der Waals surface area contributed by atoms with Gasteiger partial charge < -0.3 is 15.4 Å². The number of aryl methyl sites for hydroxylation is 2. The van der Waals surface area contributed by atoms with E-state index < -0.39 is 0 Å². The van der Waals surface area contributed by atoms with E-state index in [0.29, 0.717) is 30.4 Å². The van der Waals surface area contributed by atoms with Crippen LogP contribution in [0.25, 0.3) is 10.2 Å². The first-order chi connectivity index (χ1) is 12.6. The van der Waals surface area contributed by atoms with Crippen molar-refractivity contribution in [1.29, 1.82) is 0 Å². The summed E-state index contributed by atoms with van der Waals surface area (Å²) < 4.78 is 5.14. The first kappa shape index (κ1) is 18.0. The van der Waals surface area contributed by atoms with Crippen LogP contribution in [0.2, 0.25) is 0 Å². The lowest BCUT2D eigenvalue weighted by atomic mass is 10.2. The largest absolute Gasteiger partial charge is 0.462 e. The average molecular weight is 372 g/mol. The standard InChI is InChI=1S/C17H20N6O2S/c1-4-25-17(24)14-10(2)13-15(22-11(3)23-16(13)26-14)21-8-7-20-12-9-18-5-6-19-12/h5-6,9H,4,7-8H2,1-3H3,(H,19,20)(H,21,22,23). The molecule has 0 aliphatic rings. The number of ether oxygens (including phenoxy) is 1. The molecule has 136 valence electrons.